The normalized spacial score (nSPS) is 13.2. The Labute approximate surface area is 78.0 Å². The van der Waals surface area contributed by atoms with E-state index in [2.05, 4.69) is 5.11 Å². The van der Waals surface area contributed by atoms with Crippen LogP contribution < -0.4 is 5.73 Å². The largest absolute Gasteiger partial charge is 0.481 e. The Morgan fingerprint density at radius 1 is 1.38 bits per heavy atom. The maximum atomic E-state index is 10.5. The Hall–Kier alpha value is -1.10. The van der Waals surface area contributed by atoms with Crippen LogP contribution in [0.1, 0.15) is 32.1 Å². The summed E-state index contributed by atoms with van der Waals surface area (Å²) in [7, 11) is 0. The molecule has 0 saturated carbocycles. The van der Waals surface area contributed by atoms with Crippen LogP contribution in [0.3, 0.4) is 0 Å². The lowest BCUT2D eigenvalue weighted by Crippen LogP contribution is -2.29. The minimum atomic E-state index is -1.00. The van der Waals surface area contributed by atoms with Crippen molar-refractivity contribution in [1.29, 1.82) is 1.43 Å². The van der Waals surface area contributed by atoms with Crippen LogP contribution in [-0.2, 0) is 9.59 Å². The van der Waals surface area contributed by atoms with E-state index in [0.717, 1.165) is 6.42 Å². The molecule has 0 saturated heterocycles. The number of carboxylic acids is 2. The van der Waals surface area contributed by atoms with Gasteiger partial charge in [-0.05, 0) is 12.8 Å². The smallest absolute Gasteiger partial charge is 0.320 e. The number of aliphatic carboxylic acids is 2. The summed E-state index contributed by atoms with van der Waals surface area (Å²) in [6.07, 6.45) is 2.59. The fourth-order valence-electron chi connectivity index (χ4n) is 0.934. The molecule has 0 aromatic carbocycles. The van der Waals surface area contributed by atoms with Crippen molar-refractivity contribution < 1.29 is 19.8 Å². The number of unbranched alkanes of at least 4 members (excludes halogenated alkanes) is 2. The zero-order valence-electron chi connectivity index (χ0n) is 8.36. The van der Waals surface area contributed by atoms with E-state index < -0.39 is 18.0 Å². The standard InChI is InChI=1S/C8H15NO4/c9-6(8(12)13)4-2-1-3-5-7(10)11/h6H,1-5,9H2,(H,10,11)(H,12,13)/i/hD. The molecule has 0 bridgehead atoms. The first-order valence-electron chi connectivity index (χ1n) is 4.63. The van der Waals surface area contributed by atoms with Gasteiger partial charge in [0, 0.05) is 6.42 Å². The van der Waals surface area contributed by atoms with E-state index in [1.165, 1.54) is 0 Å². The molecule has 4 N–H and O–H groups in total. The van der Waals surface area contributed by atoms with Gasteiger partial charge < -0.3 is 15.9 Å². The highest BCUT2D eigenvalue weighted by atomic mass is 16.4. The third-order valence-corrected chi connectivity index (χ3v) is 1.71. The van der Waals surface area contributed by atoms with Crippen LogP contribution in [0.2, 0.25) is 0 Å². The molecule has 0 spiro atoms. The van der Waals surface area contributed by atoms with E-state index in [-0.39, 0.29) is 6.42 Å². The molecule has 0 aliphatic carbocycles. The molecule has 0 aliphatic rings. The molecular formula is C8H15NO4. The van der Waals surface area contributed by atoms with Crippen molar-refractivity contribution in [2.45, 2.75) is 38.1 Å². The molecule has 0 aliphatic heterocycles. The zero-order valence-corrected chi connectivity index (χ0v) is 7.36. The number of hydrogen-bond donors (Lipinski definition) is 3. The third-order valence-electron chi connectivity index (χ3n) is 1.71. The van der Waals surface area contributed by atoms with Crippen molar-refractivity contribution in [2.24, 2.45) is 5.73 Å². The molecule has 0 rings (SSSR count). The number of rotatable bonds is 7. The van der Waals surface area contributed by atoms with E-state index in [9.17, 15) is 9.59 Å². The van der Waals surface area contributed by atoms with Crippen molar-refractivity contribution in [3.05, 3.63) is 0 Å². The van der Waals surface area contributed by atoms with Gasteiger partial charge in [-0.15, -0.1) is 0 Å². The molecule has 1 atom stereocenters. The Kier molecular flexibility index (Phi) is 4.93. The highest BCUT2D eigenvalue weighted by Crippen LogP contribution is 2.04. The highest BCUT2D eigenvalue weighted by molar-refractivity contribution is 5.72. The van der Waals surface area contributed by atoms with Crippen LogP contribution in [0, 0.1) is 0 Å². The monoisotopic (exact) mass is 190 g/mol. The maximum absolute atomic E-state index is 10.5. The van der Waals surface area contributed by atoms with Crippen molar-refractivity contribution in [2.75, 3.05) is 0 Å². The molecule has 0 heterocycles. The predicted octanol–water partition coefficient (Wildman–Crippen LogP) is 0.433. The van der Waals surface area contributed by atoms with E-state index in [4.69, 9.17) is 12.3 Å². The predicted molar refractivity (Wildman–Crippen MR) is 46.3 cm³/mol. The molecule has 1 unspecified atom stereocenters. The molecule has 5 heteroatoms. The average Bonchev–Trinajstić information content (AvgIpc) is 2.16. The minimum Gasteiger partial charge on any atom is -0.481 e. The summed E-state index contributed by atoms with van der Waals surface area (Å²) in [5, 5.41) is 12.1. The van der Waals surface area contributed by atoms with Crippen LogP contribution in [0.5, 0.6) is 0 Å². The summed E-state index contributed by atoms with van der Waals surface area (Å²) < 4.78 is 6.27. The minimum absolute atomic E-state index is 0.200. The quantitative estimate of drug-likeness (QED) is 0.505. The fourth-order valence-corrected chi connectivity index (χ4v) is 0.934. The van der Waals surface area contributed by atoms with Crippen molar-refractivity contribution in [3.63, 3.8) is 0 Å². The van der Waals surface area contributed by atoms with E-state index >= 15 is 0 Å². The van der Waals surface area contributed by atoms with Crippen LogP contribution >= 0.6 is 0 Å². The van der Waals surface area contributed by atoms with E-state index in [1.54, 1.807) is 0 Å². The summed E-state index contributed by atoms with van der Waals surface area (Å²) in [5.74, 6) is -1.57. The van der Waals surface area contributed by atoms with E-state index in [0.29, 0.717) is 19.3 Å². The van der Waals surface area contributed by atoms with Gasteiger partial charge in [-0.1, -0.05) is 12.8 Å². The molecule has 76 valence electrons. The average molecular weight is 190 g/mol. The lowest BCUT2D eigenvalue weighted by Gasteiger charge is -2.04. The van der Waals surface area contributed by atoms with Crippen molar-refractivity contribution >= 4 is 11.9 Å². The SMILES string of the molecule is [2H]OC(=O)CCCCCC(N)C(=O)O. The number of hydrogen-bond acceptors (Lipinski definition) is 4. The summed E-state index contributed by atoms with van der Waals surface area (Å²) in [6, 6.07) is -0.821. The molecule has 13 heavy (non-hydrogen) atoms. The van der Waals surface area contributed by atoms with Crippen LogP contribution in [0.15, 0.2) is 0 Å². The molecule has 0 aromatic heterocycles. The van der Waals surface area contributed by atoms with Gasteiger partial charge in [0.1, 0.15) is 6.04 Å². The Morgan fingerprint density at radius 3 is 2.62 bits per heavy atom. The second kappa shape index (κ2) is 6.42. The van der Waals surface area contributed by atoms with Gasteiger partial charge >= 0.3 is 11.9 Å². The van der Waals surface area contributed by atoms with Gasteiger partial charge in [-0.3, -0.25) is 9.59 Å². The van der Waals surface area contributed by atoms with Crippen LogP contribution in [-0.4, -0.2) is 28.2 Å². The molecule has 0 fully saturated rings. The zero-order chi connectivity index (χ0) is 11.0. The van der Waals surface area contributed by atoms with Crippen LogP contribution in [0.4, 0.5) is 0 Å². The van der Waals surface area contributed by atoms with Gasteiger partial charge in [0.15, 0.2) is 0 Å². The Morgan fingerprint density at radius 2 is 2.08 bits per heavy atom. The topological polar surface area (TPSA) is 101 Å². The second-order valence-corrected chi connectivity index (χ2v) is 2.92. The first kappa shape index (κ1) is 9.98. The lowest BCUT2D eigenvalue weighted by atomic mass is 10.1. The van der Waals surface area contributed by atoms with Crippen molar-refractivity contribution in [3.8, 4) is 0 Å². The number of nitrogens with two attached hydrogens (primary N) is 1. The lowest BCUT2D eigenvalue weighted by molar-refractivity contribution is -0.139. The summed E-state index contributed by atoms with van der Waals surface area (Å²) in [6.45, 7) is 0. The highest BCUT2D eigenvalue weighted by Gasteiger charge is 2.09. The summed E-state index contributed by atoms with van der Waals surface area (Å²) in [4.78, 5) is 20.8. The van der Waals surface area contributed by atoms with E-state index in [1.807, 2.05) is 0 Å². The summed E-state index contributed by atoms with van der Waals surface area (Å²) in [5.41, 5.74) is 5.26. The first-order valence-corrected chi connectivity index (χ1v) is 4.22. The van der Waals surface area contributed by atoms with Gasteiger partial charge in [0.25, 0.3) is 1.43 Å². The van der Waals surface area contributed by atoms with Gasteiger partial charge in [-0.2, -0.15) is 0 Å². The molecule has 0 amide bonds. The first-order chi connectivity index (χ1) is 6.57. The Balaban J connectivity index is 3.30. The van der Waals surface area contributed by atoms with Gasteiger partial charge in [0.2, 0.25) is 0 Å². The fraction of sp³-hybridized carbons (Fsp3) is 0.750. The third kappa shape index (κ3) is 7.27. The summed E-state index contributed by atoms with van der Waals surface area (Å²) >= 11 is 0. The molecule has 0 aromatic rings. The maximum Gasteiger partial charge on any atom is 0.320 e. The Bertz CT molecular complexity index is 198. The molecule has 0 radical (unpaired) electrons. The van der Waals surface area contributed by atoms with Gasteiger partial charge in [-0.25, -0.2) is 0 Å². The van der Waals surface area contributed by atoms with Crippen LogP contribution in [0.25, 0.3) is 1.43 Å². The van der Waals surface area contributed by atoms with Crippen molar-refractivity contribution in [1.82, 2.24) is 0 Å². The molecule has 5 nitrogen and oxygen atoms in total. The van der Waals surface area contributed by atoms with Gasteiger partial charge in [0.05, 0.1) is 0 Å². The molecular weight excluding hydrogens is 174 g/mol. The second-order valence-electron chi connectivity index (χ2n) is 2.92. The number of carbonyl (C=O) groups is 2. The number of carboxylic acid groups (broad SMARTS) is 2.